The number of phenolic OH excluding ortho intramolecular Hbond substituents is 1. The van der Waals surface area contributed by atoms with Gasteiger partial charge < -0.3 is 10.4 Å². The molecule has 2 rings (SSSR count). The quantitative estimate of drug-likeness (QED) is 0.639. The Morgan fingerprint density at radius 1 is 1.60 bits per heavy atom. The van der Waals surface area contributed by atoms with Crippen molar-refractivity contribution in [2.45, 2.75) is 12.5 Å². The summed E-state index contributed by atoms with van der Waals surface area (Å²) in [4.78, 5) is 10.2. The molecule has 1 heterocycles. The van der Waals surface area contributed by atoms with Crippen molar-refractivity contribution in [1.82, 2.24) is 5.32 Å². The molecule has 1 atom stereocenters. The minimum Gasteiger partial charge on any atom is -0.506 e. The Morgan fingerprint density at radius 3 is 2.73 bits per heavy atom. The molecular weight excluding hydrogens is 264 g/mol. The summed E-state index contributed by atoms with van der Waals surface area (Å²) in [6, 6.07) is 2.75. The van der Waals surface area contributed by atoms with E-state index in [1.807, 2.05) is 0 Å². The maximum atomic E-state index is 10.6. The molecular formula is C9H9BrN2O3. The first kappa shape index (κ1) is 10.4. The number of halogens is 1. The third-order valence-corrected chi connectivity index (χ3v) is 3.09. The van der Waals surface area contributed by atoms with Crippen molar-refractivity contribution in [2.24, 2.45) is 0 Å². The van der Waals surface area contributed by atoms with Crippen LogP contribution in [0.25, 0.3) is 0 Å². The van der Waals surface area contributed by atoms with Gasteiger partial charge in [-0.15, -0.1) is 0 Å². The van der Waals surface area contributed by atoms with E-state index < -0.39 is 4.92 Å². The summed E-state index contributed by atoms with van der Waals surface area (Å²) < 4.78 is 0.361. The number of hydrogen-bond donors (Lipinski definition) is 2. The Bertz CT molecular complexity index is 418. The number of hydrogen-bond acceptors (Lipinski definition) is 4. The number of phenols is 1. The second-order valence-electron chi connectivity index (χ2n) is 3.42. The zero-order chi connectivity index (χ0) is 11.0. The Balaban J connectivity index is 2.46. The summed E-state index contributed by atoms with van der Waals surface area (Å²) in [5, 5.41) is 23.5. The molecule has 0 radical (unpaired) electrons. The van der Waals surface area contributed by atoms with Crippen molar-refractivity contribution >= 4 is 21.6 Å². The SMILES string of the molecule is O=[N+]([O-])c1cc(Br)c(O)c([C@@H]2CCN2)c1. The number of nitro groups is 1. The van der Waals surface area contributed by atoms with Gasteiger partial charge in [-0.25, -0.2) is 0 Å². The predicted octanol–water partition coefficient (Wildman–Crippen LogP) is 2.10. The molecule has 0 amide bonds. The van der Waals surface area contributed by atoms with E-state index in [2.05, 4.69) is 21.2 Å². The number of benzene rings is 1. The summed E-state index contributed by atoms with van der Waals surface area (Å²) in [6.07, 6.45) is 0.890. The molecule has 1 saturated heterocycles. The number of nitrogens with one attached hydrogen (secondary N) is 1. The predicted molar refractivity (Wildman–Crippen MR) is 57.8 cm³/mol. The number of aromatic hydroxyl groups is 1. The summed E-state index contributed by atoms with van der Waals surface area (Å²) in [6.45, 7) is 0.879. The average molecular weight is 273 g/mol. The van der Waals surface area contributed by atoms with E-state index in [9.17, 15) is 15.2 Å². The van der Waals surface area contributed by atoms with Gasteiger partial charge in [0.05, 0.1) is 9.40 Å². The molecule has 80 valence electrons. The van der Waals surface area contributed by atoms with Crippen molar-refractivity contribution < 1.29 is 10.0 Å². The van der Waals surface area contributed by atoms with Gasteiger partial charge in [-0.3, -0.25) is 10.1 Å². The highest BCUT2D eigenvalue weighted by atomic mass is 79.9. The molecule has 5 nitrogen and oxygen atoms in total. The molecule has 15 heavy (non-hydrogen) atoms. The smallest absolute Gasteiger partial charge is 0.271 e. The summed E-state index contributed by atoms with van der Waals surface area (Å²) >= 11 is 3.10. The van der Waals surface area contributed by atoms with Crippen LogP contribution in [0, 0.1) is 10.1 Å². The van der Waals surface area contributed by atoms with Gasteiger partial charge in [0, 0.05) is 23.7 Å². The fourth-order valence-electron chi connectivity index (χ4n) is 1.53. The molecule has 1 aliphatic rings. The van der Waals surface area contributed by atoms with Gasteiger partial charge in [-0.05, 0) is 28.9 Å². The van der Waals surface area contributed by atoms with Crippen molar-refractivity contribution in [3.8, 4) is 5.75 Å². The monoisotopic (exact) mass is 272 g/mol. The number of nitro benzene ring substituents is 1. The second kappa shape index (κ2) is 3.79. The Morgan fingerprint density at radius 2 is 2.27 bits per heavy atom. The van der Waals surface area contributed by atoms with Crippen LogP contribution in [0.4, 0.5) is 5.69 Å². The van der Waals surface area contributed by atoms with Gasteiger partial charge in [0.25, 0.3) is 5.69 Å². The lowest BCUT2D eigenvalue weighted by molar-refractivity contribution is -0.385. The fraction of sp³-hybridized carbons (Fsp3) is 0.333. The molecule has 0 spiro atoms. The molecule has 6 heteroatoms. The zero-order valence-electron chi connectivity index (χ0n) is 7.74. The standard InChI is InChI=1S/C9H9BrN2O3/c10-7-4-5(12(14)15)3-6(9(7)13)8-1-2-11-8/h3-4,8,11,13H,1-2H2/t8-/m0/s1. The molecule has 1 aromatic rings. The molecule has 1 aliphatic heterocycles. The molecule has 0 saturated carbocycles. The van der Waals surface area contributed by atoms with Crippen LogP contribution in [0.15, 0.2) is 16.6 Å². The topological polar surface area (TPSA) is 75.4 Å². The Kier molecular flexibility index (Phi) is 2.62. The van der Waals surface area contributed by atoms with Gasteiger partial charge in [-0.1, -0.05) is 0 Å². The van der Waals surface area contributed by atoms with Gasteiger partial charge in [0.2, 0.25) is 0 Å². The highest BCUT2D eigenvalue weighted by molar-refractivity contribution is 9.10. The first-order chi connectivity index (χ1) is 7.09. The van der Waals surface area contributed by atoms with Crippen molar-refractivity contribution in [3.05, 3.63) is 32.3 Å². The summed E-state index contributed by atoms with van der Waals surface area (Å²) in [5.74, 6) is 0.0813. The fourth-order valence-corrected chi connectivity index (χ4v) is 1.99. The maximum absolute atomic E-state index is 10.6. The van der Waals surface area contributed by atoms with Crippen LogP contribution in [0.5, 0.6) is 5.75 Å². The molecule has 0 aromatic heterocycles. The van der Waals surface area contributed by atoms with E-state index in [0.29, 0.717) is 10.0 Å². The molecule has 0 unspecified atom stereocenters. The third-order valence-electron chi connectivity index (χ3n) is 2.49. The number of nitrogens with zero attached hydrogens (tertiary/aromatic N) is 1. The number of non-ortho nitro benzene ring substituents is 1. The molecule has 0 aliphatic carbocycles. The van der Waals surface area contributed by atoms with Gasteiger partial charge in [0.1, 0.15) is 5.75 Å². The van der Waals surface area contributed by atoms with Crippen molar-refractivity contribution in [3.63, 3.8) is 0 Å². The average Bonchev–Trinajstić information content (AvgIpc) is 2.09. The lowest BCUT2D eigenvalue weighted by Gasteiger charge is -2.28. The highest BCUT2D eigenvalue weighted by Crippen LogP contribution is 2.38. The van der Waals surface area contributed by atoms with Crippen LogP contribution >= 0.6 is 15.9 Å². The van der Waals surface area contributed by atoms with Crippen molar-refractivity contribution in [2.75, 3.05) is 6.54 Å². The summed E-state index contributed by atoms with van der Waals surface area (Å²) in [7, 11) is 0. The van der Waals surface area contributed by atoms with Crippen LogP contribution < -0.4 is 5.32 Å². The van der Waals surface area contributed by atoms with Gasteiger partial charge >= 0.3 is 0 Å². The van der Waals surface area contributed by atoms with Crippen LogP contribution in [-0.2, 0) is 0 Å². The highest BCUT2D eigenvalue weighted by Gasteiger charge is 2.25. The molecule has 1 fully saturated rings. The first-order valence-corrected chi connectivity index (χ1v) is 5.29. The Labute approximate surface area is 94.4 Å². The normalized spacial score (nSPS) is 19.7. The van der Waals surface area contributed by atoms with Crippen LogP contribution in [0.2, 0.25) is 0 Å². The number of rotatable bonds is 2. The lowest BCUT2D eigenvalue weighted by Crippen LogP contribution is -2.35. The van der Waals surface area contributed by atoms with E-state index in [-0.39, 0.29) is 17.5 Å². The van der Waals surface area contributed by atoms with Crippen LogP contribution in [-0.4, -0.2) is 16.6 Å². The van der Waals surface area contributed by atoms with E-state index >= 15 is 0 Å². The van der Waals surface area contributed by atoms with Crippen molar-refractivity contribution in [1.29, 1.82) is 0 Å². The zero-order valence-corrected chi connectivity index (χ0v) is 9.32. The van der Waals surface area contributed by atoms with E-state index in [1.54, 1.807) is 0 Å². The van der Waals surface area contributed by atoms with E-state index in [1.165, 1.54) is 12.1 Å². The third kappa shape index (κ3) is 1.82. The van der Waals surface area contributed by atoms with Gasteiger partial charge in [0.15, 0.2) is 0 Å². The van der Waals surface area contributed by atoms with Crippen LogP contribution in [0.1, 0.15) is 18.0 Å². The largest absolute Gasteiger partial charge is 0.506 e. The Hall–Kier alpha value is -1.14. The summed E-state index contributed by atoms with van der Waals surface area (Å²) in [5.41, 5.74) is 0.575. The first-order valence-electron chi connectivity index (χ1n) is 4.50. The minimum atomic E-state index is -0.466. The second-order valence-corrected chi connectivity index (χ2v) is 4.27. The van der Waals surface area contributed by atoms with Crippen LogP contribution in [0.3, 0.4) is 0 Å². The molecule has 2 N–H and O–H groups in total. The molecule has 0 bridgehead atoms. The molecule has 1 aromatic carbocycles. The maximum Gasteiger partial charge on any atom is 0.271 e. The van der Waals surface area contributed by atoms with E-state index in [4.69, 9.17) is 0 Å². The van der Waals surface area contributed by atoms with Gasteiger partial charge in [-0.2, -0.15) is 0 Å². The van der Waals surface area contributed by atoms with E-state index in [0.717, 1.165) is 13.0 Å². The minimum absolute atomic E-state index is 0.0108. The lowest BCUT2D eigenvalue weighted by atomic mass is 9.97.